The standard InChI is InChI=1S/C14H21N/c1-3-15(2)10-9-12-7-8-13-5-4-6-14(13)11-12/h7-8,11H,3-6,9-10H2,1-2H3. The third-order valence-corrected chi connectivity index (χ3v) is 3.48. The van der Waals surface area contributed by atoms with Gasteiger partial charge in [-0.25, -0.2) is 0 Å². The fourth-order valence-electron chi connectivity index (χ4n) is 2.26. The summed E-state index contributed by atoms with van der Waals surface area (Å²) in [7, 11) is 2.19. The van der Waals surface area contributed by atoms with Crippen molar-refractivity contribution >= 4 is 0 Å². The highest BCUT2D eigenvalue weighted by Gasteiger charge is 2.10. The smallest absolute Gasteiger partial charge is 0.00187 e. The van der Waals surface area contributed by atoms with E-state index in [9.17, 15) is 0 Å². The van der Waals surface area contributed by atoms with Crippen molar-refractivity contribution in [1.82, 2.24) is 4.90 Å². The highest BCUT2D eigenvalue weighted by molar-refractivity contribution is 5.35. The fraction of sp³-hybridized carbons (Fsp3) is 0.571. The Morgan fingerprint density at radius 1 is 1.20 bits per heavy atom. The summed E-state index contributed by atoms with van der Waals surface area (Å²) in [6.07, 6.45) is 5.14. The molecule has 0 spiro atoms. The van der Waals surface area contributed by atoms with E-state index in [2.05, 4.69) is 37.1 Å². The molecule has 1 heteroatoms. The predicted octanol–water partition coefficient (Wildman–Crippen LogP) is 2.67. The van der Waals surface area contributed by atoms with Crippen molar-refractivity contribution in [1.29, 1.82) is 0 Å². The van der Waals surface area contributed by atoms with E-state index in [0.717, 1.165) is 6.54 Å². The molecule has 0 atom stereocenters. The highest BCUT2D eigenvalue weighted by atomic mass is 15.1. The zero-order valence-corrected chi connectivity index (χ0v) is 9.92. The molecule has 82 valence electrons. The van der Waals surface area contributed by atoms with E-state index >= 15 is 0 Å². The predicted molar refractivity (Wildman–Crippen MR) is 65.3 cm³/mol. The molecular weight excluding hydrogens is 182 g/mol. The fourth-order valence-corrected chi connectivity index (χ4v) is 2.26. The van der Waals surface area contributed by atoms with Gasteiger partial charge in [-0.05, 0) is 56.0 Å². The van der Waals surface area contributed by atoms with Gasteiger partial charge in [0.25, 0.3) is 0 Å². The quantitative estimate of drug-likeness (QED) is 0.727. The highest BCUT2D eigenvalue weighted by Crippen LogP contribution is 2.22. The van der Waals surface area contributed by atoms with E-state index in [4.69, 9.17) is 0 Å². The Hall–Kier alpha value is -0.820. The van der Waals surface area contributed by atoms with Gasteiger partial charge >= 0.3 is 0 Å². The van der Waals surface area contributed by atoms with Gasteiger partial charge in [0, 0.05) is 6.54 Å². The van der Waals surface area contributed by atoms with Crippen LogP contribution >= 0.6 is 0 Å². The third kappa shape index (κ3) is 2.60. The Bertz CT molecular complexity index is 330. The number of likely N-dealkylation sites (N-methyl/N-ethyl adjacent to an activating group) is 1. The van der Waals surface area contributed by atoms with Crippen molar-refractivity contribution < 1.29 is 0 Å². The van der Waals surface area contributed by atoms with Crippen LogP contribution in [0.5, 0.6) is 0 Å². The van der Waals surface area contributed by atoms with E-state index < -0.39 is 0 Å². The summed E-state index contributed by atoms with van der Waals surface area (Å²) in [6, 6.07) is 7.07. The summed E-state index contributed by atoms with van der Waals surface area (Å²) in [5.41, 5.74) is 4.70. The maximum atomic E-state index is 2.42. The molecule has 1 aromatic carbocycles. The Kier molecular flexibility index (Phi) is 3.42. The molecule has 0 heterocycles. The zero-order valence-electron chi connectivity index (χ0n) is 9.92. The lowest BCUT2D eigenvalue weighted by molar-refractivity contribution is 0.357. The first-order valence-electron chi connectivity index (χ1n) is 6.09. The van der Waals surface area contributed by atoms with Gasteiger partial charge in [0.05, 0.1) is 0 Å². The molecule has 0 aliphatic heterocycles. The summed E-state index contributed by atoms with van der Waals surface area (Å²) in [5, 5.41) is 0. The van der Waals surface area contributed by atoms with Crippen LogP contribution in [0.1, 0.15) is 30.0 Å². The van der Waals surface area contributed by atoms with Crippen LogP contribution in [-0.4, -0.2) is 25.0 Å². The molecule has 1 aromatic rings. The van der Waals surface area contributed by atoms with Crippen LogP contribution in [0.2, 0.25) is 0 Å². The van der Waals surface area contributed by atoms with Crippen LogP contribution in [-0.2, 0) is 19.3 Å². The number of benzene rings is 1. The molecule has 1 aliphatic carbocycles. The summed E-state index contributed by atoms with van der Waals surface area (Å²) in [4.78, 5) is 2.37. The van der Waals surface area contributed by atoms with Gasteiger partial charge in [0.15, 0.2) is 0 Å². The van der Waals surface area contributed by atoms with Gasteiger partial charge in [-0.15, -0.1) is 0 Å². The minimum Gasteiger partial charge on any atom is -0.306 e. The van der Waals surface area contributed by atoms with Crippen molar-refractivity contribution in [2.75, 3.05) is 20.1 Å². The first kappa shape index (κ1) is 10.7. The molecule has 2 rings (SSSR count). The minimum absolute atomic E-state index is 1.14. The summed E-state index contributed by atoms with van der Waals surface area (Å²) >= 11 is 0. The Balaban J connectivity index is 1.98. The molecule has 0 bridgehead atoms. The van der Waals surface area contributed by atoms with Gasteiger partial charge in [0.1, 0.15) is 0 Å². The van der Waals surface area contributed by atoms with Crippen molar-refractivity contribution in [3.05, 3.63) is 34.9 Å². The second kappa shape index (κ2) is 4.80. The van der Waals surface area contributed by atoms with Crippen molar-refractivity contribution in [2.45, 2.75) is 32.6 Å². The molecule has 0 aromatic heterocycles. The lowest BCUT2D eigenvalue weighted by atomic mass is 10.0. The van der Waals surface area contributed by atoms with Crippen LogP contribution in [0.3, 0.4) is 0 Å². The lowest BCUT2D eigenvalue weighted by Crippen LogP contribution is -2.20. The van der Waals surface area contributed by atoms with Crippen LogP contribution in [0, 0.1) is 0 Å². The summed E-state index contributed by atoms with van der Waals surface area (Å²) in [5.74, 6) is 0. The number of rotatable bonds is 4. The van der Waals surface area contributed by atoms with E-state index in [1.54, 1.807) is 11.1 Å². The van der Waals surface area contributed by atoms with Gasteiger partial charge < -0.3 is 4.90 Å². The van der Waals surface area contributed by atoms with E-state index in [-0.39, 0.29) is 0 Å². The number of aryl methyl sites for hydroxylation is 2. The van der Waals surface area contributed by atoms with Gasteiger partial charge in [-0.3, -0.25) is 0 Å². The molecule has 0 unspecified atom stereocenters. The summed E-state index contributed by atoms with van der Waals surface area (Å²) in [6.45, 7) is 4.53. The molecule has 1 nitrogen and oxygen atoms in total. The number of fused-ring (bicyclic) bond motifs is 1. The van der Waals surface area contributed by atoms with Crippen LogP contribution in [0.15, 0.2) is 18.2 Å². The van der Waals surface area contributed by atoms with E-state index in [1.807, 2.05) is 0 Å². The van der Waals surface area contributed by atoms with Crippen LogP contribution in [0.4, 0.5) is 0 Å². The van der Waals surface area contributed by atoms with Gasteiger partial charge in [0.2, 0.25) is 0 Å². The molecule has 0 amide bonds. The maximum absolute atomic E-state index is 2.42. The zero-order chi connectivity index (χ0) is 10.7. The second-order valence-corrected chi connectivity index (χ2v) is 4.60. The number of nitrogens with zero attached hydrogens (tertiary/aromatic N) is 1. The Morgan fingerprint density at radius 2 is 2.00 bits per heavy atom. The molecule has 1 aliphatic rings. The monoisotopic (exact) mass is 203 g/mol. The Morgan fingerprint density at radius 3 is 2.80 bits per heavy atom. The largest absolute Gasteiger partial charge is 0.306 e. The Labute approximate surface area is 93.1 Å². The number of hydrogen-bond donors (Lipinski definition) is 0. The van der Waals surface area contributed by atoms with Crippen molar-refractivity contribution in [2.24, 2.45) is 0 Å². The molecule has 0 fully saturated rings. The van der Waals surface area contributed by atoms with Crippen LogP contribution in [0.25, 0.3) is 0 Å². The first-order valence-corrected chi connectivity index (χ1v) is 6.09. The molecule has 0 saturated heterocycles. The first-order chi connectivity index (χ1) is 7.29. The second-order valence-electron chi connectivity index (χ2n) is 4.60. The topological polar surface area (TPSA) is 3.24 Å². The lowest BCUT2D eigenvalue weighted by Gasteiger charge is -2.13. The molecular formula is C14H21N. The SMILES string of the molecule is CCN(C)CCc1ccc2c(c1)CCC2. The van der Waals surface area contributed by atoms with Gasteiger partial charge in [-0.2, -0.15) is 0 Å². The molecule has 0 saturated carbocycles. The van der Waals surface area contributed by atoms with Crippen molar-refractivity contribution in [3.63, 3.8) is 0 Å². The average molecular weight is 203 g/mol. The van der Waals surface area contributed by atoms with Gasteiger partial charge in [-0.1, -0.05) is 25.1 Å². The van der Waals surface area contributed by atoms with Crippen LogP contribution < -0.4 is 0 Å². The molecule has 0 N–H and O–H groups in total. The van der Waals surface area contributed by atoms with E-state index in [1.165, 1.54) is 37.8 Å². The summed E-state index contributed by atoms with van der Waals surface area (Å²) < 4.78 is 0. The minimum atomic E-state index is 1.14. The van der Waals surface area contributed by atoms with Crippen molar-refractivity contribution in [3.8, 4) is 0 Å². The average Bonchev–Trinajstić information content (AvgIpc) is 2.72. The molecule has 15 heavy (non-hydrogen) atoms. The normalized spacial score (nSPS) is 14.6. The number of hydrogen-bond acceptors (Lipinski definition) is 1. The van der Waals surface area contributed by atoms with E-state index in [0.29, 0.717) is 0 Å². The third-order valence-electron chi connectivity index (χ3n) is 3.48. The maximum Gasteiger partial charge on any atom is 0.00187 e. The molecule has 0 radical (unpaired) electrons.